The molecule has 0 bridgehead atoms. The highest BCUT2D eigenvalue weighted by Crippen LogP contribution is 2.38. The van der Waals surface area contributed by atoms with Gasteiger partial charge in [0.15, 0.2) is 4.88 Å². The Morgan fingerprint density at radius 2 is 1.61 bits per heavy atom. The largest absolute Gasteiger partial charge is 1.00 e. The van der Waals surface area contributed by atoms with Crippen LogP contribution < -0.4 is 21.4 Å². The van der Waals surface area contributed by atoms with Gasteiger partial charge >= 0.3 is 10.0 Å². The highest BCUT2D eigenvalue weighted by atomic mass is 79.9. The van der Waals surface area contributed by atoms with Gasteiger partial charge in [-0.1, -0.05) is 53.3 Å². The van der Waals surface area contributed by atoms with E-state index < -0.39 is 0 Å². The van der Waals surface area contributed by atoms with E-state index in [1.807, 2.05) is 59.0 Å². The Morgan fingerprint density at radius 3 is 2.30 bits per heavy atom. The van der Waals surface area contributed by atoms with Crippen molar-refractivity contribution < 1.29 is 26.5 Å². The van der Waals surface area contributed by atoms with E-state index in [0.717, 1.165) is 25.8 Å². The first-order valence-electron chi connectivity index (χ1n) is 6.70. The van der Waals surface area contributed by atoms with E-state index in [2.05, 4.69) is 5.38 Å². The molecule has 0 aliphatic rings. The first-order chi connectivity index (χ1) is 10.7. The second kappa shape index (κ2) is 6.61. The zero-order valence-corrected chi connectivity index (χ0v) is 15.7. The smallest absolute Gasteiger partial charge is 0.391 e. The minimum absolute atomic E-state index is 0. The van der Waals surface area contributed by atoms with Crippen LogP contribution in [0.2, 0.25) is 5.02 Å². The molecule has 23 heavy (non-hydrogen) atoms. The second-order valence-electron chi connectivity index (χ2n) is 4.85. The first-order valence-corrected chi connectivity index (χ1v) is 8.78. The molecule has 1 N–H and O–H groups in total. The SMILES string of the molecule is Oc1c(-c2ccccc2)sc2scc(-c3ccc(Cl)cc3)[n+]12.[Br-]. The quantitative estimate of drug-likeness (QED) is 0.490. The lowest BCUT2D eigenvalue weighted by atomic mass is 10.2. The van der Waals surface area contributed by atoms with Gasteiger partial charge in [0.05, 0.1) is 5.38 Å². The van der Waals surface area contributed by atoms with Crippen LogP contribution in [0.15, 0.2) is 60.0 Å². The fourth-order valence-electron chi connectivity index (χ4n) is 2.41. The number of rotatable bonds is 2. The zero-order valence-electron chi connectivity index (χ0n) is 11.7. The Hall–Kier alpha value is -1.40. The van der Waals surface area contributed by atoms with Crippen molar-refractivity contribution in [1.29, 1.82) is 0 Å². The molecule has 0 atom stereocenters. The molecule has 0 saturated heterocycles. The van der Waals surface area contributed by atoms with Crippen LogP contribution in [-0.2, 0) is 0 Å². The van der Waals surface area contributed by atoms with Crippen LogP contribution in [-0.4, -0.2) is 5.11 Å². The fourth-order valence-corrected chi connectivity index (χ4v) is 4.75. The van der Waals surface area contributed by atoms with Gasteiger partial charge in [0.25, 0.3) is 0 Å². The maximum absolute atomic E-state index is 10.7. The summed E-state index contributed by atoms with van der Waals surface area (Å²) in [4.78, 5) is 0.891. The standard InChI is InChI=1S/C17H10ClNOS2.BrH/c18-13-8-6-11(7-9-13)14-10-21-17-19(14)16(20)15(22-17)12-4-2-1-3-5-12;/h1-10H;1H. The third-order valence-corrected chi connectivity index (χ3v) is 5.97. The lowest BCUT2D eigenvalue weighted by molar-refractivity contribution is -0.501. The summed E-state index contributed by atoms with van der Waals surface area (Å²) < 4.78 is 2.96. The van der Waals surface area contributed by atoms with E-state index in [9.17, 15) is 5.11 Å². The summed E-state index contributed by atoms with van der Waals surface area (Å²) in [5.41, 5.74) is 3.05. The predicted molar refractivity (Wildman–Crippen MR) is 92.9 cm³/mol. The van der Waals surface area contributed by atoms with Gasteiger partial charge in [0, 0.05) is 16.1 Å². The summed E-state index contributed by atoms with van der Waals surface area (Å²) in [6.45, 7) is 0. The summed E-state index contributed by atoms with van der Waals surface area (Å²) in [6, 6.07) is 17.6. The van der Waals surface area contributed by atoms with E-state index in [-0.39, 0.29) is 22.9 Å². The van der Waals surface area contributed by atoms with Crippen LogP contribution in [0.3, 0.4) is 0 Å². The number of thiazole rings is 2. The van der Waals surface area contributed by atoms with Crippen molar-refractivity contribution in [3.8, 4) is 27.6 Å². The van der Waals surface area contributed by atoms with Crippen LogP contribution in [0.25, 0.3) is 25.8 Å². The predicted octanol–water partition coefficient (Wildman–Crippen LogP) is 2.25. The van der Waals surface area contributed by atoms with Gasteiger partial charge in [-0.15, -0.1) is 4.40 Å². The molecule has 0 fully saturated rings. The van der Waals surface area contributed by atoms with Crippen LogP contribution in [0, 0.1) is 0 Å². The lowest BCUT2D eigenvalue weighted by Gasteiger charge is -1.95. The molecule has 2 heterocycles. The molecule has 2 aromatic heterocycles. The topological polar surface area (TPSA) is 24.3 Å². The molecular weight excluding hydrogens is 414 g/mol. The summed E-state index contributed by atoms with van der Waals surface area (Å²) in [5, 5.41) is 13.4. The molecule has 2 aromatic carbocycles. The minimum atomic E-state index is 0. The molecule has 4 rings (SSSR count). The van der Waals surface area contributed by atoms with Crippen LogP contribution in [0.1, 0.15) is 0 Å². The molecule has 0 saturated carbocycles. The van der Waals surface area contributed by atoms with Crippen molar-refractivity contribution in [3.63, 3.8) is 0 Å². The average molecular weight is 425 g/mol. The van der Waals surface area contributed by atoms with Gasteiger partial charge in [-0.2, -0.15) is 0 Å². The van der Waals surface area contributed by atoms with Crippen LogP contribution >= 0.6 is 34.3 Å². The Labute approximate surface area is 157 Å². The number of aromatic nitrogens is 1. The fraction of sp³-hybridized carbons (Fsp3) is 0. The van der Waals surface area contributed by atoms with Gasteiger partial charge in [-0.25, -0.2) is 0 Å². The zero-order chi connectivity index (χ0) is 15.1. The number of halogens is 2. The molecule has 0 spiro atoms. The molecule has 0 aliphatic carbocycles. The summed E-state index contributed by atoms with van der Waals surface area (Å²) in [7, 11) is 0. The number of hydrogen-bond donors (Lipinski definition) is 1. The monoisotopic (exact) mass is 423 g/mol. The third kappa shape index (κ3) is 2.90. The summed E-state index contributed by atoms with van der Waals surface area (Å²) in [5.74, 6) is 0.289. The highest BCUT2D eigenvalue weighted by Gasteiger charge is 2.27. The Morgan fingerprint density at radius 1 is 0.913 bits per heavy atom. The number of fused-ring (bicyclic) bond motifs is 1. The number of nitrogens with zero attached hydrogens (tertiary/aromatic N) is 1. The van der Waals surface area contributed by atoms with Gasteiger partial charge in [0.2, 0.25) is 5.69 Å². The average Bonchev–Trinajstić information content (AvgIpc) is 3.10. The second-order valence-corrected chi connectivity index (χ2v) is 7.40. The lowest BCUT2D eigenvalue weighted by Crippen LogP contribution is -3.00. The van der Waals surface area contributed by atoms with Gasteiger partial charge in [-0.3, -0.25) is 0 Å². The third-order valence-electron chi connectivity index (χ3n) is 3.48. The number of benzene rings is 2. The molecule has 6 heteroatoms. The summed E-state index contributed by atoms with van der Waals surface area (Å²) >= 11 is 9.19. The van der Waals surface area contributed by atoms with Crippen molar-refractivity contribution in [1.82, 2.24) is 0 Å². The van der Waals surface area contributed by atoms with Crippen molar-refractivity contribution in [2.75, 3.05) is 0 Å². The van der Waals surface area contributed by atoms with E-state index in [0.29, 0.717) is 5.02 Å². The van der Waals surface area contributed by atoms with Crippen molar-refractivity contribution in [2.45, 2.75) is 0 Å². The van der Waals surface area contributed by atoms with Gasteiger partial charge in [0.1, 0.15) is 0 Å². The van der Waals surface area contributed by atoms with E-state index >= 15 is 0 Å². The maximum atomic E-state index is 10.7. The Balaban J connectivity index is 0.00000156. The highest BCUT2D eigenvalue weighted by molar-refractivity contribution is 7.36. The molecule has 0 amide bonds. The maximum Gasteiger partial charge on any atom is 0.391 e. The van der Waals surface area contributed by atoms with Crippen LogP contribution in [0.4, 0.5) is 0 Å². The van der Waals surface area contributed by atoms with Gasteiger partial charge in [-0.05, 0) is 35.6 Å². The molecule has 0 unspecified atom stereocenters. The number of hydrogen-bond acceptors (Lipinski definition) is 3. The van der Waals surface area contributed by atoms with Crippen molar-refractivity contribution >= 4 is 38.4 Å². The van der Waals surface area contributed by atoms with Crippen molar-refractivity contribution in [2.24, 2.45) is 0 Å². The molecule has 116 valence electrons. The molecule has 2 nitrogen and oxygen atoms in total. The molecular formula is C17H11BrClNOS2. The normalized spacial score (nSPS) is 10.7. The molecule has 0 aliphatic heterocycles. The Bertz CT molecular complexity index is 948. The van der Waals surface area contributed by atoms with Gasteiger partial charge < -0.3 is 22.1 Å². The molecule has 0 radical (unpaired) electrons. The first kappa shape index (κ1) is 16.5. The molecule has 4 aromatic rings. The Kier molecular flexibility index (Phi) is 4.73. The van der Waals surface area contributed by atoms with Crippen LogP contribution in [0.5, 0.6) is 5.88 Å². The van der Waals surface area contributed by atoms with Crippen molar-refractivity contribution in [3.05, 3.63) is 65.0 Å². The van der Waals surface area contributed by atoms with E-state index in [1.54, 1.807) is 22.7 Å². The van der Waals surface area contributed by atoms with E-state index in [4.69, 9.17) is 11.6 Å². The minimum Gasteiger partial charge on any atom is -1.00 e. The van der Waals surface area contributed by atoms with E-state index in [1.165, 1.54) is 0 Å². The summed E-state index contributed by atoms with van der Waals surface area (Å²) in [6.07, 6.45) is 0. The number of aromatic hydroxyl groups is 1.